The van der Waals surface area contributed by atoms with Gasteiger partial charge < -0.3 is 9.47 Å². The molecule has 0 radical (unpaired) electrons. The minimum atomic E-state index is -1.00. The van der Waals surface area contributed by atoms with Crippen molar-refractivity contribution in [3.63, 3.8) is 0 Å². The molecule has 0 spiro atoms. The van der Waals surface area contributed by atoms with E-state index in [2.05, 4.69) is 0 Å². The molecular weight excluding hydrogens is 515 g/mol. The Balaban J connectivity index is 1.57. The molecule has 3 aromatic rings. The number of ether oxygens (including phenoxy) is 2. The highest BCUT2D eigenvalue weighted by atomic mass is 35.5. The molecular formula is C28H26Cl2N2O5. The van der Waals surface area contributed by atoms with Crippen LogP contribution in [0.4, 0.5) is 11.4 Å². The van der Waals surface area contributed by atoms with Crippen LogP contribution in [0.15, 0.2) is 66.7 Å². The van der Waals surface area contributed by atoms with E-state index < -0.39 is 24.0 Å². The first-order chi connectivity index (χ1) is 17.9. The van der Waals surface area contributed by atoms with Crippen molar-refractivity contribution in [3.05, 3.63) is 82.3 Å². The van der Waals surface area contributed by atoms with Gasteiger partial charge in [-0.1, -0.05) is 54.4 Å². The van der Waals surface area contributed by atoms with Gasteiger partial charge >= 0.3 is 0 Å². The van der Waals surface area contributed by atoms with Crippen LogP contribution in [-0.2, 0) is 14.4 Å². The van der Waals surface area contributed by atoms with Gasteiger partial charge in [0.15, 0.2) is 17.6 Å². The molecule has 2 fully saturated rings. The number of fused-ring (bicyclic) bond motifs is 1. The second-order valence-corrected chi connectivity index (χ2v) is 9.57. The Morgan fingerprint density at radius 2 is 1.62 bits per heavy atom. The third-order valence-corrected chi connectivity index (χ3v) is 7.10. The summed E-state index contributed by atoms with van der Waals surface area (Å²) in [6.07, 6.45) is -0.144. The Morgan fingerprint density at radius 1 is 0.838 bits per heavy atom. The number of rotatable bonds is 8. The molecule has 192 valence electrons. The molecule has 3 unspecified atom stereocenters. The molecule has 9 heteroatoms. The number of halogens is 2. The quantitative estimate of drug-likeness (QED) is 0.315. The molecule has 2 saturated heterocycles. The van der Waals surface area contributed by atoms with E-state index >= 15 is 0 Å². The van der Waals surface area contributed by atoms with Crippen LogP contribution in [-0.4, -0.2) is 31.1 Å². The van der Waals surface area contributed by atoms with Gasteiger partial charge in [0.05, 0.1) is 40.7 Å². The Hall–Kier alpha value is -3.26. The van der Waals surface area contributed by atoms with Crippen molar-refractivity contribution in [3.8, 4) is 11.5 Å². The van der Waals surface area contributed by atoms with Crippen molar-refractivity contribution >= 4 is 46.4 Å². The minimum Gasteiger partial charge on any atom is -0.490 e. The maximum Gasteiger partial charge on any atom is 0.266 e. The minimum absolute atomic E-state index is 0.254. The number of carbonyl (C=O) groups is 2. The zero-order valence-electron chi connectivity index (χ0n) is 20.4. The second-order valence-electron chi connectivity index (χ2n) is 8.76. The maximum absolute atomic E-state index is 13.8. The lowest BCUT2D eigenvalue weighted by molar-refractivity contribution is -0.126. The van der Waals surface area contributed by atoms with Gasteiger partial charge in [0.2, 0.25) is 5.91 Å². The van der Waals surface area contributed by atoms with Crippen LogP contribution in [0.1, 0.15) is 31.9 Å². The summed E-state index contributed by atoms with van der Waals surface area (Å²) in [4.78, 5) is 34.7. The Labute approximate surface area is 225 Å². The van der Waals surface area contributed by atoms with Crippen LogP contribution in [0.2, 0.25) is 10.0 Å². The molecule has 0 aromatic heterocycles. The van der Waals surface area contributed by atoms with E-state index in [-0.39, 0.29) is 10.9 Å². The van der Waals surface area contributed by atoms with Gasteiger partial charge in [-0.2, -0.15) is 0 Å². The fourth-order valence-corrected chi connectivity index (χ4v) is 5.03. The third-order valence-electron chi connectivity index (χ3n) is 6.36. The molecule has 0 aliphatic carbocycles. The molecule has 0 saturated carbocycles. The van der Waals surface area contributed by atoms with Crippen LogP contribution >= 0.6 is 23.2 Å². The van der Waals surface area contributed by atoms with E-state index in [0.29, 0.717) is 35.4 Å². The summed E-state index contributed by atoms with van der Waals surface area (Å²) < 4.78 is 11.7. The highest BCUT2D eigenvalue weighted by Gasteiger charge is 2.60. The van der Waals surface area contributed by atoms with Crippen LogP contribution in [0.3, 0.4) is 0 Å². The normalized spacial score (nSPS) is 20.9. The third kappa shape index (κ3) is 4.63. The van der Waals surface area contributed by atoms with Crippen molar-refractivity contribution in [1.29, 1.82) is 0 Å². The number of benzene rings is 3. The summed E-state index contributed by atoms with van der Waals surface area (Å²) >= 11 is 12.2. The summed E-state index contributed by atoms with van der Waals surface area (Å²) in [6, 6.07) is 19.1. The number of hydrogen-bond acceptors (Lipinski definition) is 6. The highest BCUT2D eigenvalue weighted by molar-refractivity contribution is 6.42. The number of amides is 2. The molecule has 0 N–H and O–H groups in total. The first-order valence-corrected chi connectivity index (χ1v) is 12.9. The molecule has 3 aromatic carbocycles. The van der Waals surface area contributed by atoms with E-state index in [1.165, 1.54) is 6.07 Å². The Bertz CT molecular complexity index is 1320. The van der Waals surface area contributed by atoms with Crippen molar-refractivity contribution in [2.45, 2.75) is 32.4 Å². The fraction of sp³-hybridized carbons (Fsp3) is 0.286. The zero-order chi connectivity index (χ0) is 26.1. The number of nitrogens with zero attached hydrogens (tertiary/aromatic N) is 2. The van der Waals surface area contributed by atoms with Crippen LogP contribution < -0.4 is 19.4 Å². The lowest BCUT2D eigenvalue weighted by Gasteiger charge is -2.29. The van der Waals surface area contributed by atoms with Crippen LogP contribution in [0, 0.1) is 5.92 Å². The average Bonchev–Trinajstić information content (AvgIpc) is 3.41. The fourth-order valence-electron chi connectivity index (χ4n) is 4.74. The van der Waals surface area contributed by atoms with Gasteiger partial charge in [-0.25, -0.2) is 9.96 Å². The van der Waals surface area contributed by atoms with Gasteiger partial charge in [0.25, 0.3) is 5.91 Å². The first-order valence-electron chi connectivity index (χ1n) is 12.2. The summed E-state index contributed by atoms with van der Waals surface area (Å²) in [6.45, 7) is 4.93. The second kappa shape index (κ2) is 10.6. The van der Waals surface area contributed by atoms with Crippen molar-refractivity contribution < 1.29 is 23.9 Å². The molecule has 5 rings (SSSR count). The van der Waals surface area contributed by atoms with Crippen molar-refractivity contribution in [2.75, 3.05) is 23.2 Å². The smallest absolute Gasteiger partial charge is 0.266 e. The van der Waals surface area contributed by atoms with E-state index in [0.717, 1.165) is 22.6 Å². The van der Waals surface area contributed by atoms with Gasteiger partial charge in [-0.15, -0.1) is 0 Å². The topological polar surface area (TPSA) is 68.3 Å². The van der Waals surface area contributed by atoms with Crippen molar-refractivity contribution in [1.82, 2.24) is 0 Å². The Kier molecular flexibility index (Phi) is 7.29. The van der Waals surface area contributed by atoms with Gasteiger partial charge in [-0.3, -0.25) is 14.4 Å². The van der Waals surface area contributed by atoms with Crippen LogP contribution in [0.5, 0.6) is 11.5 Å². The molecule has 0 bridgehead atoms. The molecule has 2 aliphatic rings. The molecule has 37 heavy (non-hydrogen) atoms. The first kappa shape index (κ1) is 25.4. The standard InChI is InChI=1S/C28H26Cl2N2O5/c1-3-14-36-22-13-10-17(15-23(22)35-4-2)25-24-26(37-32(25)18-8-6-5-7-9-18)28(34)31(27(24)33)19-11-12-20(29)21(30)16-19/h5-13,15-16,24-26H,3-4,14H2,1-2H3. The SMILES string of the molecule is CCCOc1ccc(C2C3C(=O)N(c4ccc(Cl)c(Cl)c4)C(=O)C3ON2c2ccccc2)cc1OCC. The number of hydrogen-bond donors (Lipinski definition) is 0. The van der Waals surface area contributed by atoms with E-state index in [1.54, 1.807) is 17.2 Å². The summed E-state index contributed by atoms with van der Waals surface area (Å²) in [7, 11) is 0. The lowest BCUT2D eigenvalue weighted by atomic mass is 9.90. The van der Waals surface area contributed by atoms with E-state index in [1.807, 2.05) is 62.4 Å². The predicted molar refractivity (Wildman–Crippen MR) is 142 cm³/mol. The number of anilines is 2. The predicted octanol–water partition coefficient (Wildman–Crippen LogP) is 6.23. The zero-order valence-corrected chi connectivity index (χ0v) is 21.9. The van der Waals surface area contributed by atoms with E-state index in [9.17, 15) is 9.59 Å². The summed E-state index contributed by atoms with van der Waals surface area (Å²) in [5.41, 5.74) is 1.85. The summed E-state index contributed by atoms with van der Waals surface area (Å²) in [5, 5.41) is 2.24. The summed E-state index contributed by atoms with van der Waals surface area (Å²) in [5.74, 6) is -0.423. The number of imide groups is 1. The number of carbonyl (C=O) groups excluding carboxylic acids is 2. The van der Waals surface area contributed by atoms with Gasteiger partial charge in [0, 0.05) is 0 Å². The van der Waals surface area contributed by atoms with Gasteiger partial charge in [0.1, 0.15) is 5.92 Å². The molecule has 2 aliphatic heterocycles. The lowest BCUT2D eigenvalue weighted by Crippen LogP contribution is -2.37. The maximum atomic E-state index is 13.8. The van der Waals surface area contributed by atoms with Crippen LogP contribution in [0.25, 0.3) is 0 Å². The average molecular weight is 541 g/mol. The molecule has 3 atom stereocenters. The van der Waals surface area contributed by atoms with Gasteiger partial charge in [-0.05, 0) is 61.4 Å². The largest absolute Gasteiger partial charge is 0.490 e. The van der Waals surface area contributed by atoms with Crippen molar-refractivity contribution in [2.24, 2.45) is 5.92 Å². The Morgan fingerprint density at radius 3 is 2.32 bits per heavy atom. The number of para-hydroxylation sites is 1. The highest BCUT2D eigenvalue weighted by Crippen LogP contribution is 2.49. The molecule has 7 nitrogen and oxygen atoms in total. The molecule has 2 amide bonds. The van der Waals surface area contributed by atoms with E-state index in [4.69, 9.17) is 37.5 Å². The number of hydroxylamine groups is 1. The monoisotopic (exact) mass is 540 g/mol. The molecule has 2 heterocycles.